The van der Waals surface area contributed by atoms with E-state index in [9.17, 15) is 9.50 Å². The highest BCUT2D eigenvalue weighted by atomic mass is 35.5. The first-order valence-corrected chi connectivity index (χ1v) is 6.13. The Balaban J connectivity index is 2.37. The zero-order valence-corrected chi connectivity index (χ0v) is 11.1. The van der Waals surface area contributed by atoms with E-state index in [0.29, 0.717) is 26.7 Å². The van der Waals surface area contributed by atoms with Gasteiger partial charge in [0.2, 0.25) is 0 Å². The van der Waals surface area contributed by atoms with Gasteiger partial charge in [-0.2, -0.15) is 0 Å². The van der Waals surface area contributed by atoms with E-state index in [0.717, 1.165) is 0 Å². The molecule has 0 aliphatic rings. The molecule has 0 fully saturated rings. The highest BCUT2D eigenvalue weighted by Crippen LogP contribution is 2.29. The van der Waals surface area contributed by atoms with Gasteiger partial charge in [-0.25, -0.2) is 4.39 Å². The van der Waals surface area contributed by atoms with Gasteiger partial charge in [-0.05, 0) is 41.8 Å². The van der Waals surface area contributed by atoms with Crippen LogP contribution in [-0.4, -0.2) is 5.11 Å². The molecule has 0 aromatic heterocycles. The minimum atomic E-state index is -0.921. The zero-order chi connectivity index (χ0) is 13.3. The molecular formula is C14H11Cl2FO. The van der Waals surface area contributed by atoms with Gasteiger partial charge < -0.3 is 5.11 Å². The van der Waals surface area contributed by atoms with Crippen molar-refractivity contribution in [3.8, 4) is 0 Å². The van der Waals surface area contributed by atoms with Crippen LogP contribution in [0.25, 0.3) is 0 Å². The standard InChI is InChI=1S/C14H11Cl2FO/c1-8-2-3-10(7-13(8)17)14(18)9-4-5-11(15)12(16)6-9/h2-7,14,18H,1H3. The molecule has 0 aliphatic heterocycles. The molecule has 1 N–H and O–H groups in total. The molecule has 94 valence electrons. The molecule has 0 bridgehead atoms. The Bertz CT molecular complexity index is 533. The fourth-order valence-electron chi connectivity index (χ4n) is 1.65. The highest BCUT2D eigenvalue weighted by Gasteiger charge is 2.13. The second-order valence-electron chi connectivity index (χ2n) is 4.08. The van der Waals surface area contributed by atoms with E-state index in [4.69, 9.17) is 23.2 Å². The van der Waals surface area contributed by atoms with Gasteiger partial charge in [0.1, 0.15) is 11.9 Å². The van der Waals surface area contributed by atoms with Gasteiger partial charge in [-0.15, -0.1) is 0 Å². The summed E-state index contributed by atoms with van der Waals surface area (Å²) in [5, 5.41) is 10.9. The molecule has 18 heavy (non-hydrogen) atoms. The number of hydrogen-bond acceptors (Lipinski definition) is 1. The molecule has 0 aliphatic carbocycles. The van der Waals surface area contributed by atoms with Crippen LogP contribution in [0.15, 0.2) is 36.4 Å². The first-order chi connectivity index (χ1) is 8.49. The molecule has 0 spiro atoms. The average molecular weight is 285 g/mol. The Hall–Kier alpha value is -1.09. The number of rotatable bonds is 2. The molecule has 0 amide bonds. The zero-order valence-electron chi connectivity index (χ0n) is 9.62. The molecule has 2 rings (SSSR count). The van der Waals surface area contributed by atoms with E-state index >= 15 is 0 Å². The number of aliphatic hydroxyl groups is 1. The number of benzene rings is 2. The molecular weight excluding hydrogens is 274 g/mol. The van der Waals surface area contributed by atoms with Gasteiger partial charge in [0.25, 0.3) is 0 Å². The first kappa shape index (κ1) is 13.3. The molecule has 1 nitrogen and oxygen atoms in total. The van der Waals surface area contributed by atoms with Gasteiger partial charge in [0.05, 0.1) is 10.0 Å². The van der Waals surface area contributed by atoms with Crippen molar-refractivity contribution < 1.29 is 9.50 Å². The summed E-state index contributed by atoms with van der Waals surface area (Å²) in [6.45, 7) is 1.67. The van der Waals surface area contributed by atoms with Crippen LogP contribution >= 0.6 is 23.2 Å². The summed E-state index contributed by atoms with van der Waals surface area (Å²) in [6.07, 6.45) is -0.921. The number of hydrogen-bond donors (Lipinski definition) is 1. The van der Waals surface area contributed by atoms with E-state index in [1.165, 1.54) is 6.07 Å². The van der Waals surface area contributed by atoms with Crippen molar-refractivity contribution in [2.75, 3.05) is 0 Å². The lowest BCUT2D eigenvalue weighted by atomic mass is 10.0. The van der Waals surface area contributed by atoms with Gasteiger partial charge in [-0.1, -0.05) is 41.4 Å². The van der Waals surface area contributed by atoms with Crippen LogP contribution in [0, 0.1) is 12.7 Å². The van der Waals surface area contributed by atoms with E-state index in [-0.39, 0.29) is 5.82 Å². The van der Waals surface area contributed by atoms with Crippen molar-refractivity contribution in [3.63, 3.8) is 0 Å². The highest BCUT2D eigenvalue weighted by molar-refractivity contribution is 6.42. The lowest BCUT2D eigenvalue weighted by Crippen LogP contribution is -2.00. The maximum Gasteiger partial charge on any atom is 0.126 e. The minimum Gasteiger partial charge on any atom is -0.384 e. The predicted octanol–water partition coefficient (Wildman–Crippen LogP) is 4.52. The Labute approximate surface area is 115 Å². The molecule has 0 heterocycles. The van der Waals surface area contributed by atoms with E-state index in [1.54, 1.807) is 37.3 Å². The lowest BCUT2D eigenvalue weighted by Gasteiger charge is -2.13. The predicted molar refractivity (Wildman–Crippen MR) is 71.7 cm³/mol. The normalized spacial score (nSPS) is 12.5. The molecule has 0 saturated heterocycles. The summed E-state index contributed by atoms with van der Waals surface area (Å²) in [6, 6.07) is 9.48. The summed E-state index contributed by atoms with van der Waals surface area (Å²) in [4.78, 5) is 0. The smallest absolute Gasteiger partial charge is 0.126 e. The van der Waals surface area contributed by atoms with Crippen LogP contribution in [0.4, 0.5) is 4.39 Å². The van der Waals surface area contributed by atoms with Crippen molar-refractivity contribution in [2.45, 2.75) is 13.0 Å². The van der Waals surface area contributed by atoms with Crippen LogP contribution in [0.5, 0.6) is 0 Å². The second-order valence-corrected chi connectivity index (χ2v) is 4.90. The summed E-state index contributed by atoms with van der Waals surface area (Å²) in [5.41, 5.74) is 1.60. The fourth-order valence-corrected chi connectivity index (χ4v) is 1.96. The Morgan fingerprint density at radius 1 is 1.00 bits per heavy atom. The number of aliphatic hydroxyl groups excluding tert-OH is 1. The molecule has 2 aromatic carbocycles. The molecule has 1 atom stereocenters. The van der Waals surface area contributed by atoms with E-state index < -0.39 is 6.10 Å². The van der Waals surface area contributed by atoms with Gasteiger partial charge in [0.15, 0.2) is 0 Å². The third-order valence-electron chi connectivity index (χ3n) is 2.77. The minimum absolute atomic E-state index is 0.341. The van der Waals surface area contributed by atoms with E-state index in [1.807, 2.05) is 0 Å². The van der Waals surface area contributed by atoms with Crippen molar-refractivity contribution in [1.82, 2.24) is 0 Å². The Morgan fingerprint density at radius 3 is 2.22 bits per heavy atom. The topological polar surface area (TPSA) is 20.2 Å². The fraction of sp³-hybridized carbons (Fsp3) is 0.143. The van der Waals surface area contributed by atoms with Gasteiger partial charge in [-0.3, -0.25) is 0 Å². The maximum atomic E-state index is 13.4. The summed E-state index contributed by atoms with van der Waals surface area (Å²) in [5.74, 6) is -0.341. The SMILES string of the molecule is Cc1ccc(C(O)c2ccc(Cl)c(Cl)c2)cc1F. The molecule has 1 unspecified atom stereocenters. The largest absolute Gasteiger partial charge is 0.384 e. The van der Waals surface area contributed by atoms with Crippen LogP contribution in [0.1, 0.15) is 22.8 Å². The van der Waals surface area contributed by atoms with Crippen LogP contribution in [-0.2, 0) is 0 Å². The molecule has 0 saturated carbocycles. The number of aryl methyl sites for hydroxylation is 1. The maximum absolute atomic E-state index is 13.4. The first-order valence-electron chi connectivity index (χ1n) is 5.38. The lowest BCUT2D eigenvalue weighted by molar-refractivity contribution is 0.220. The van der Waals surface area contributed by atoms with Crippen LogP contribution < -0.4 is 0 Å². The molecule has 0 radical (unpaired) electrons. The van der Waals surface area contributed by atoms with Crippen molar-refractivity contribution in [1.29, 1.82) is 0 Å². The summed E-state index contributed by atoms with van der Waals surface area (Å²) >= 11 is 11.7. The average Bonchev–Trinajstić information content (AvgIpc) is 2.35. The van der Waals surface area contributed by atoms with Gasteiger partial charge in [0, 0.05) is 0 Å². The Morgan fingerprint density at radius 2 is 1.61 bits per heavy atom. The van der Waals surface area contributed by atoms with Crippen LogP contribution in [0.2, 0.25) is 10.0 Å². The third-order valence-corrected chi connectivity index (χ3v) is 3.51. The quantitative estimate of drug-likeness (QED) is 0.860. The summed E-state index contributed by atoms with van der Waals surface area (Å²) in [7, 11) is 0. The summed E-state index contributed by atoms with van der Waals surface area (Å²) < 4.78 is 13.4. The molecule has 2 aromatic rings. The van der Waals surface area contributed by atoms with Gasteiger partial charge >= 0.3 is 0 Å². The number of halogens is 3. The molecule has 4 heteroatoms. The van der Waals surface area contributed by atoms with Crippen molar-refractivity contribution in [2.24, 2.45) is 0 Å². The Kier molecular flexibility index (Phi) is 3.91. The van der Waals surface area contributed by atoms with Crippen molar-refractivity contribution in [3.05, 3.63) is 69.0 Å². The third kappa shape index (κ3) is 2.66. The monoisotopic (exact) mass is 284 g/mol. The second kappa shape index (κ2) is 5.27. The van der Waals surface area contributed by atoms with Crippen LogP contribution in [0.3, 0.4) is 0 Å². The van der Waals surface area contributed by atoms with Crippen molar-refractivity contribution >= 4 is 23.2 Å². The van der Waals surface area contributed by atoms with E-state index in [2.05, 4.69) is 0 Å².